The fourth-order valence-electron chi connectivity index (χ4n) is 2.77. The maximum absolute atomic E-state index is 13.9. The lowest BCUT2D eigenvalue weighted by Gasteiger charge is -2.37. The lowest BCUT2D eigenvalue weighted by Crippen LogP contribution is -2.49. The molecule has 24 heavy (non-hydrogen) atoms. The van der Waals surface area contributed by atoms with Crippen molar-refractivity contribution in [2.45, 2.75) is 45.2 Å². The first-order valence-corrected chi connectivity index (χ1v) is 9.20. The molecule has 1 saturated carbocycles. The van der Waals surface area contributed by atoms with E-state index in [0.29, 0.717) is 18.7 Å². The molecule has 2 aromatic rings. The summed E-state index contributed by atoms with van der Waals surface area (Å²) in [5.41, 5.74) is 1.58. The zero-order valence-electron chi connectivity index (χ0n) is 13.8. The Morgan fingerprint density at radius 3 is 2.83 bits per heavy atom. The van der Waals surface area contributed by atoms with Crippen molar-refractivity contribution < 1.29 is 9.18 Å². The van der Waals surface area contributed by atoms with Gasteiger partial charge in [-0.05, 0) is 32.3 Å². The predicted octanol–water partition coefficient (Wildman–Crippen LogP) is 3.90. The average molecular weight is 347 g/mol. The van der Waals surface area contributed by atoms with Gasteiger partial charge in [-0.3, -0.25) is 0 Å². The van der Waals surface area contributed by atoms with Crippen LogP contribution in [-0.2, 0) is 13.0 Å². The van der Waals surface area contributed by atoms with E-state index in [2.05, 4.69) is 10.3 Å². The van der Waals surface area contributed by atoms with E-state index in [9.17, 15) is 9.18 Å². The Labute approximate surface area is 145 Å². The number of urea groups is 1. The Kier molecular flexibility index (Phi) is 5.45. The molecule has 6 heteroatoms. The first-order chi connectivity index (χ1) is 11.6. The van der Waals surface area contributed by atoms with Crippen LogP contribution < -0.4 is 5.32 Å². The van der Waals surface area contributed by atoms with Crippen molar-refractivity contribution in [2.24, 2.45) is 0 Å². The minimum absolute atomic E-state index is 0.115. The summed E-state index contributed by atoms with van der Waals surface area (Å²) < 4.78 is 13.9. The van der Waals surface area contributed by atoms with Crippen LogP contribution >= 0.6 is 11.3 Å². The van der Waals surface area contributed by atoms with Crippen LogP contribution in [0.1, 0.15) is 35.5 Å². The third kappa shape index (κ3) is 4.12. The molecule has 0 saturated heterocycles. The molecule has 0 atom stereocenters. The van der Waals surface area contributed by atoms with Gasteiger partial charge in [0.15, 0.2) is 0 Å². The van der Waals surface area contributed by atoms with Crippen molar-refractivity contribution >= 4 is 17.4 Å². The number of aromatic nitrogens is 1. The molecule has 1 aromatic carbocycles. The van der Waals surface area contributed by atoms with Crippen molar-refractivity contribution in [2.75, 3.05) is 6.54 Å². The van der Waals surface area contributed by atoms with E-state index >= 15 is 0 Å². The van der Waals surface area contributed by atoms with Crippen molar-refractivity contribution in [1.29, 1.82) is 0 Å². The van der Waals surface area contributed by atoms with Crippen molar-refractivity contribution in [1.82, 2.24) is 15.2 Å². The van der Waals surface area contributed by atoms with Crippen LogP contribution in [0.15, 0.2) is 29.6 Å². The average Bonchev–Trinajstić information content (AvgIpc) is 2.92. The number of carbonyl (C=O) groups is 1. The molecule has 0 bridgehead atoms. The highest BCUT2D eigenvalue weighted by Crippen LogP contribution is 2.26. The quantitative estimate of drug-likeness (QED) is 0.861. The molecular weight excluding hydrogens is 325 g/mol. The van der Waals surface area contributed by atoms with Gasteiger partial charge in [0.2, 0.25) is 0 Å². The molecule has 0 radical (unpaired) electrons. The number of halogens is 1. The smallest absolute Gasteiger partial charge is 0.317 e. The van der Waals surface area contributed by atoms with Gasteiger partial charge >= 0.3 is 6.03 Å². The lowest BCUT2D eigenvalue weighted by molar-refractivity contribution is 0.132. The van der Waals surface area contributed by atoms with Gasteiger partial charge in [0, 0.05) is 35.6 Å². The van der Waals surface area contributed by atoms with E-state index < -0.39 is 0 Å². The van der Waals surface area contributed by atoms with Crippen LogP contribution in [0.5, 0.6) is 0 Å². The van der Waals surface area contributed by atoms with Crippen molar-refractivity contribution in [3.63, 3.8) is 0 Å². The van der Waals surface area contributed by atoms with Gasteiger partial charge in [0.1, 0.15) is 5.82 Å². The molecule has 2 amide bonds. The predicted molar refractivity (Wildman–Crippen MR) is 93.5 cm³/mol. The molecular formula is C18H22FN3OS. The van der Waals surface area contributed by atoms with Crippen LogP contribution in [0, 0.1) is 12.7 Å². The highest BCUT2D eigenvalue weighted by Gasteiger charge is 2.29. The number of aryl methyl sites for hydroxylation is 1. The van der Waals surface area contributed by atoms with Crippen LogP contribution in [0.4, 0.5) is 9.18 Å². The van der Waals surface area contributed by atoms with E-state index in [-0.39, 0.29) is 17.9 Å². The van der Waals surface area contributed by atoms with E-state index in [4.69, 9.17) is 0 Å². The molecule has 3 rings (SSSR count). The number of benzene rings is 1. The summed E-state index contributed by atoms with van der Waals surface area (Å²) in [4.78, 5) is 18.7. The van der Waals surface area contributed by atoms with Gasteiger partial charge in [0.05, 0.1) is 11.6 Å². The fraction of sp³-hybridized carbons (Fsp3) is 0.444. The summed E-state index contributed by atoms with van der Waals surface area (Å²) in [5.74, 6) is -0.257. The zero-order valence-corrected chi connectivity index (χ0v) is 14.6. The second kappa shape index (κ2) is 7.75. The number of nitrogens with one attached hydrogen (secondary N) is 1. The Bertz CT molecular complexity index is 699. The highest BCUT2D eigenvalue weighted by molar-refractivity contribution is 7.09. The van der Waals surface area contributed by atoms with Gasteiger partial charge in [-0.2, -0.15) is 0 Å². The lowest BCUT2D eigenvalue weighted by atomic mass is 9.91. The van der Waals surface area contributed by atoms with Gasteiger partial charge in [-0.1, -0.05) is 18.2 Å². The standard InChI is InChI=1S/C18H22FN3OS/c1-13-12-24-17(21-13)9-10-20-18(23)22(15-6-4-7-15)11-14-5-2-3-8-16(14)19/h2-3,5,8,12,15H,4,6-7,9-11H2,1H3,(H,20,23). The maximum Gasteiger partial charge on any atom is 0.317 e. The number of hydrogen-bond acceptors (Lipinski definition) is 3. The Morgan fingerprint density at radius 2 is 2.21 bits per heavy atom. The number of rotatable bonds is 6. The topological polar surface area (TPSA) is 45.2 Å². The Morgan fingerprint density at radius 1 is 1.42 bits per heavy atom. The molecule has 128 valence electrons. The minimum atomic E-state index is -0.257. The molecule has 1 heterocycles. The number of thiazole rings is 1. The summed E-state index contributed by atoms with van der Waals surface area (Å²) in [6, 6.07) is 6.76. The van der Waals surface area contributed by atoms with E-state index in [1.165, 1.54) is 6.07 Å². The van der Waals surface area contributed by atoms with Gasteiger partial charge < -0.3 is 10.2 Å². The summed E-state index contributed by atoms with van der Waals surface area (Å²) in [6.07, 6.45) is 3.84. The number of hydrogen-bond donors (Lipinski definition) is 1. The Balaban J connectivity index is 1.58. The zero-order chi connectivity index (χ0) is 16.9. The van der Waals surface area contributed by atoms with Crippen LogP contribution in [0.2, 0.25) is 0 Å². The third-order valence-electron chi connectivity index (χ3n) is 4.36. The van der Waals surface area contributed by atoms with Gasteiger partial charge in [-0.15, -0.1) is 11.3 Å². The largest absolute Gasteiger partial charge is 0.338 e. The van der Waals surface area contributed by atoms with Crippen molar-refractivity contribution in [3.05, 3.63) is 51.7 Å². The molecule has 4 nitrogen and oxygen atoms in total. The minimum Gasteiger partial charge on any atom is -0.338 e. The van der Waals surface area contributed by atoms with Crippen molar-refractivity contribution in [3.8, 4) is 0 Å². The van der Waals surface area contributed by atoms with Crippen LogP contribution in [-0.4, -0.2) is 28.5 Å². The van der Waals surface area contributed by atoms with Gasteiger partial charge in [0.25, 0.3) is 0 Å². The van der Waals surface area contributed by atoms with Gasteiger partial charge in [-0.25, -0.2) is 14.2 Å². The summed E-state index contributed by atoms with van der Waals surface area (Å²) in [7, 11) is 0. The Hall–Kier alpha value is -1.95. The first-order valence-electron chi connectivity index (χ1n) is 8.32. The SMILES string of the molecule is Cc1csc(CCNC(=O)N(Cc2ccccc2F)C2CCC2)n1. The second-order valence-electron chi connectivity index (χ2n) is 6.17. The number of amides is 2. The van der Waals surface area contributed by atoms with E-state index in [1.54, 1.807) is 34.4 Å². The third-order valence-corrected chi connectivity index (χ3v) is 5.38. The second-order valence-corrected chi connectivity index (χ2v) is 7.11. The monoisotopic (exact) mass is 347 g/mol. The molecule has 1 aliphatic carbocycles. The fourth-order valence-corrected chi connectivity index (χ4v) is 3.55. The number of nitrogens with zero attached hydrogens (tertiary/aromatic N) is 2. The number of carbonyl (C=O) groups excluding carboxylic acids is 1. The molecule has 0 unspecified atom stereocenters. The van der Waals surface area contributed by atoms with E-state index in [1.807, 2.05) is 12.3 Å². The first kappa shape index (κ1) is 16.9. The van der Waals surface area contributed by atoms with E-state index in [0.717, 1.165) is 36.4 Å². The normalized spacial score (nSPS) is 14.2. The molecule has 1 fully saturated rings. The molecule has 0 aliphatic heterocycles. The molecule has 1 aromatic heterocycles. The summed E-state index contributed by atoms with van der Waals surface area (Å²) >= 11 is 1.61. The molecule has 1 aliphatic rings. The van der Waals surface area contributed by atoms with Crippen LogP contribution in [0.25, 0.3) is 0 Å². The summed E-state index contributed by atoms with van der Waals surface area (Å²) in [6.45, 7) is 2.83. The highest BCUT2D eigenvalue weighted by atomic mass is 32.1. The molecule has 0 spiro atoms. The maximum atomic E-state index is 13.9. The summed E-state index contributed by atoms with van der Waals surface area (Å²) in [5, 5.41) is 6.00. The van der Waals surface area contributed by atoms with Crippen LogP contribution in [0.3, 0.4) is 0 Å². The molecule has 1 N–H and O–H groups in total.